The van der Waals surface area contributed by atoms with Crippen LogP contribution in [-0.4, -0.2) is 30.4 Å². The first-order valence-corrected chi connectivity index (χ1v) is 4.45. The molecule has 11 heavy (non-hydrogen) atoms. The van der Waals surface area contributed by atoms with E-state index < -0.39 is 0 Å². The molecule has 2 heteroatoms. The summed E-state index contributed by atoms with van der Waals surface area (Å²) >= 11 is 0. The molecule has 0 aromatic rings. The zero-order valence-electron chi connectivity index (χ0n) is 8.39. The second-order valence-corrected chi connectivity index (χ2v) is 2.68. The first-order valence-electron chi connectivity index (χ1n) is 4.45. The fraction of sp³-hybridized carbons (Fsp3) is 0.889. The van der Waals surface area contributed by atoms with Gasteiger partial charge in [-0.25, -0.2) is 0 Å². The first-order chi connectivity index (χ1) is 5.22. The Morgan fingerprint density at radius 3 is 2.36 bits per heavy atom. The largest absolute Gasteiger partial charge is 0.361 e. The third-order valence-corrected chi connectivity index (χ3v) is 2.06. The van der Waals surface area contributed by atoms with Gasteiger partial charge in [0.2, 0.25) is 0 Å². The minimum atomic E-state index is 0.683. The SMILES string of the molecule is CC.CC1=NCCC(C)N1C. The summed E-state index contributed by atoms with van der Waals surface area (Å²) in [7, 11) is 2.10. The summed E-state index contributed by atoms with van der Waals surface area (Å²) in [4.78, 5) is 6.53. The van der Waals surface area contributed by atoms with Crippen LogP contribution < -0.4 is 0 Å². The summed E-state index contributed by atoms with van der Waals surface area (Å²) in [5, 5.41) is 0. The van der Waals surface area contributed by atoms with Gasteiger partial charge in [-0.1, -0.05) is 13.8 Å². The molecule has 1 unspecified atom stereocenters. The third kappa shape index (κ3) is 2.91. The number of nitrogens with zero attached hydrogens (tertiary/aromatic N) is 2. The molecule has 0 aliphatic carbocycles. The van der Waals surface area contributed by atoms with E-state index in [9.17, 15) is 0 Å². The Kier molecular flexibility index (Phi) is 4.92. The van der Waals surface area contributed by atoms with Crippen LogP contribution in [0.15, 0.2) is 4.99 Å². The van der Waals surface area contributed by atoms with E-state index in [1.165, 1.54) is 12.3 Å². The van der Waals surface area contributed by atoms with Crippen molar-refractivity contribution in [1.29, 1.82) is 0 Å². The molecule has 66 valence electrons. The van der Waals surface area contributed by atoms with Crippen LogP contribution in [0.25, 0.3) is 0 Å². The molecule has 0 bridgehead atoms. The standard InChI is InChI=1S/C7H14N2.C2H6/c1-6-4-5-8-7(2)9(6)3;1-2/h6H,4-5H2,1-3H3;1-2H3. The minimum Gasteiger partial charge on any atom is -0.361 e. The van der Waals surface area contributed by atoms with E-state index in [1.54, 1.807) is 0 Å². The number of hydrogen-bond donors (Lipinski definition) is 0. The van der Waals surface area contributed by atoms with Crippen molar-refractivity contribution in [3.05, 3.63) is 0 Å². The van der Waals surface area contributed by atoms with E-state index in [1.807, 2.05) is 13.8 Å². The topological polar surface area (TPSA) is 15.6 Å². The molecule has 0 spiro atoms. The zero-order valence-corrected chi connectivity index (χ0v) is 8.39. The molecule has 2 nitrogen and oxygen atoms in total. The summed E-state index contributed by atoms with van der Waals surface area (Å²) in [5.74, 6) is 1.17. The molecule has 0 saturated carbocycles. The highest BCUT2D eigenvalue weighted by atomic mass is 15.2. The van der Waals surface area contributed by atoms with Crippen molar-refractivity contribution in [1.82, 2.24) is 4.90 Å². The third-order valence-electron chi connectivity index (χ3n) is 2.06. The lowest BCUT2D eigenvalue weighted by Crippen LogP contribution is -2.37. The van der Waals surface area contributed by atoms with Gasteiger partial charge in [0.15, 0.2) is 0 Å². The van der Waals surface area contributed by atoms with Crippen molar-refractivity contribution in [3.8, 4) is 0 Å². The van der Waals surface area contributed by atoms with Crippen LogP contribution in [0.1, 0.15) is 34.1 Å². The van der Waals surface area contributed by atoms with Gasteiger partial charge >= 0.3 is 0 Å². The van der Waals surface area contributed by atoms with Gasteiger partial charge in [0.1, 0.15) is 0 Å². The van der Waals surface area contributed by atoms with E-state index in [0.717, 1.165) is 6.54 Å². The average molecular weight is 156 g/mol. The van der Waals surface area contributed by atoms with Crippen LogP contribution in [0.2, 0.25) is 0 Å². The Balaban J connectivity index is 0.000000461. The van der Waals surface area contributed by atoms with Crippen LogP contribution in [0.4, 0.5) is 0 Å². The Morgan fingerprint density at radius 1 is 1.45 bits per heavy atom. The first kappa shape index (κ1) is 10.5. The maximum absolute atomic E-state index is 4.30. The van der Waals surface area contributed by atoms with E-state index >= 15 is 0 Å². The van der Waals surface area contributed by atoms with E-state index in [-0.39, 0.29) is 0 Å². The lowest BCUT2D eigenvalue weighted by atomic mass is 10.2. The van der Waals surface area contributed by atoms with E-state index in [2.05, 4.69) is 30.8 Å². The second-order valence-electron chi connectivity index (χ2n) is 2.68. The molecule has 1 atom stereocenters. The van der Waals surface area contributed by atoms with Gasteiger partial charge in [-0.2, -0.15) is 0 Å². The van der Waals surface area contributed by atoms with Crippen LogP contribution >= 0.6 is 0 Å². The predicted molar refractivity (Wildman–Crippen MR) is 51.2 cm³/mol. The number of amidine groups is 1. The van der Waals surface area contributed by atoms with Gasteiger partial charge in [0, 0.05) is 19.6 Å². The molecule has 0 aromatic carbocycles. The zero-order chi connectivity index (χ0) is 8.85. The Morgan fingerprint density at radius 2 is 2.00 bits per heavy atom. The molecule has 0 fully saturated rings. The fourth-order valence-corrected chi connectivity index (χ4v) is 1.04. The smallest absolute Gasteiger partial charge is 0.0957 e. The molecule has 0 N–H and O–H groups in total. The van der Waals surface area contributed by atoms with Crippen LogP contribution in [0.5, 0.6) is 0 Å². The minimum absolute atomic E-state index is 0.683. The van der Waals surface area contributed by atoms with Crippen molar-refractivity contribution < 1.29 is 0 Å². The maximum Gasteiger partial charge on any atom is 0.0957 e. The lowest BCUT2D eigenvalue weighted by Gasteiger charge is -2.29. The van der Waals surface area contributed by atoms with Crippen molar-refractivity contribution >= 4 is 5.84 Å². The normalized spacial score (nSPS) is 23.5. The molecular weight excluding hydrogens is 136 g/mol. The van der Waals surface area contributed by atoms with Gasteiger partial charge < -0.3 is 4.90 Å². The molecule has 1 rings (SSSR count). The number of hydrogen-bond acceptors (Lipinski definition) is 2. The van der Waals surface area contributed by atoms with E-state index in [4.69, 9.17) is 0 Å². The molecule has 0 radical (unpaired) electrons. The monoisotopic (exact) mass is 156 g/mol. The van der Waals surface area contributed by atoms with Crippen molar-refractivity contribution in [2.75, 3.05) is 13.6 Å². The van der Waals surface area contributed by atoms with Crippen LogP contribution in [0.3, 0.4) is 0 Å². The molecule has 1 aliphatic heterocycles. The van der Waals surface area contributed by atoms with Gasteiger partial charge in [-0.3, -0.25) is 4.99 Å². The summed E-state index contributed by atoms with van der Waals surface area (Å²) in [5.41, 5.74) is 0. The quantitative estimate of drug-likeness (QED) is 0.524. The molecule has 1 aliphatic rings. The summed E-state index contributed by atoms with van der Waals surface area (Å²) < 4.78 is 0. The summed E-state index contributed by atoms with van der Waals surface area (Å²) in [6.45, 7) is 9.31. The molecule has 0 amide bonds. The average Bonchev–Trinajstić information content (AvgIpc) is 2.04. The predicted octanol–water partition coefficient (Wildman–Crippen LogP) is 2.16. The van der Waals surface area contributed by atoms with Crippen molar-refractivity contribution in [2.45, 2.75) is 40.2 Å². The fourth-order valence-electron chi connectivity index (χ4n) is 1.04. The number of aliphatic imine (C=N–C) groups is 1. The van der Waals surface area contributed by atoms with Crippen molar-refractivity contribution in [2.24, 2.45) is 4.99 Å². The second kappa shape index (κ2) is 5.16. The highest BCUT2D eigenvalue weighted by Gasteiger charge is 2.13. The van der Waals surface area contributed by atoms with Gasteiger partial charge in [-0.05, 0) is 20.3 Å². The maximum atomic E-state index is 4.30. The molecule has 0 saturated heterocycles. The van der Waals surface area contributed by atoms with Gasteiger partial charge in [-0.15, -0.1) is 0 Å². The summed E-state index contributed by atoms with van der Waals surface area (Å²) in [6.07, 6.45) is 1.20. The molecule has 1 heterocycles. The number of rotatable bonds is 0. The highest BCUT2D eigenvalue weighted by Crippen LogP contribution is 2.07. The van der Waals surface area contributed by atoms with Gasteiger partial charge in [0.25, 0.3) is 0 Å². The van der Waals surface area contributed by atoms with Gasteiger partial charge in [0.05, 0.1) is 5.84 Å². The van der Waals surface area contributed by atoms with Crippen molar-refractivity contribution in [3.63, 3.8) is 0 Å². The lowest BCUT2D eigenvalue weighted by molar-refractivity contribution is 0.352. The van der Waals surface area contributed by atoms with Crippen LogP contribution in [0, 0.1) is 0 Å². The summed E-state index contributed by atoms with van der Waals surface area (Å²) in [6, 6.07) is 0.683. The molecular formula is C9H20N2. The Bertz CT molecular complexity index is 130. The molecule has 0 aromatic heterocycles. The Hall–Kier alpha value is -0.530. The Labute approximate surface area is 70.3 Å². The highest BCUT2D eigenvalue weighted by molar-refractivity contribution is 5.80. The van der Waals surface area contributed by atoms with Crippen LogP contribution in [-0.2, 0) is 0 Å². The van der Waals surface area contributed by atoms with E-state index in [0.29, 0.717) is 6.04 Å².